The van der Waals surface area contributed by atoms with Crippen molar-refractivity contribution in [2.24, 2.45) is 0 Å². The number of aliphatic hydroxyl groups excluding tert-OH is 2. The van der Waals surface area contributed by atoms with Gasteiger partial charge in [0.2, 0.25) is 0 Å². The van der Waals surface area contributed by atoms with E-state index in [1.54, 1.807) is 48.5 Å². The number of aromatic nitrogens is 2. The molecule has 2 atom stereocenters. The summed E-state index contributed by atoms with van der Waals surface area (Å²) in [6.45, 7) is 4.68. The number of aliphatic hydroxyl groups is 2. The summed E-state index contributed by atoms with van der Waals surface area (Å²) < 4.78 is 25.1. The van der Waals surface area contributed by atoms with Gasteiger partial charge in [-0.25, -0.2) is 0 Å². The van der Waals surface area contributed by atoms with E-state index in [4.69, 9.17) is 52.4 Å². The third kappa shape index (κ3) is 14.9. The fraction of sp³-hybridized carbons (Fsp3) is 0.283. The van der Waals surface area contributed by atoms with Crippen molar-refractivity contribution in [1.29, 1.82) is 10.5 Å². The normalized spacial score (nSPS) is 11.8. The lowest BCUT2D eigenvalue weighted by Gasteiger charge is -2.19. The van der Waals surface area contributed by atoms with E-state index < -0.39 is 30.6 Å². The first-order chi connectivity index (χ1) is 33.7. The average molecular weight is 989 g/mol. The first-order valence-corrected chi connectivity index (χ1v) is 23.0. The van der Waals surface area contributed by atoms with Crippen LogP contribution in [0.25, 0.3) is 11.1 Å². The molecule has 0 saturated carbocycles. The Morgan fingerprint density at radius 1 is 0.629 bits per heavy atom. The molecule has 0 unspecified atom stereocenters. The van der Waals surface area contributed by atoms with Gasteiger partial charge in [-0.05, 0) is 108 Å². The molecule has 6 rings (SSSR count). The van der Waals surface area contributed by atoms with Gasteiger partial charge >= 0.3 is 11.9 Å². The van der Waals surface area contributed by atoms with Crippen LogP contribution in [0.2, 0.25) is 10.0 Å². The number of pyridine rings is 2. The minimum absolute atomic E-state index is 0.0198. The van der Waals surface area contributed by atoms with Crippen molar-refractivity contribution in [2.45, 2.75) is 91.1 Å². The fourth-order valence-corrected chi connectivity index (χ4v) is 8.07. The van der Waals surface area contributed by atoms with Crippen LogP contribution in [-0.4, -0.2) is 61.1 Å². The SMILES string of the molecule is Cc1c(COc2cc(OCc3cc(C#N)ccn3)c(CCC[C@@H](O)CC(=O)O)cc2Cl)cccc1-c1cccc(COc2cc(OCc3cc(C#N)ccn3)c(CNC[C@@H](O)CC(=O)O)cc2Cl)c1C. The van der Waals surface area contributed by atoms with Gasteiger partial charge in [-0.2, -0.15) is 10.5 Å². The van der Waals surface area contributed by atoms with Crippen molar-refractivity contribution < 1.29 is 49.0 Å². The highest BCUT2D eigenvalue weighted by molar-refractivity contribution is 6.32. The molecule has 2 heterocycles. The van der Waals surface area contributed by atoms with E-state index in [0.29, 0.717) is 74.0 Å². The maximum absolute atomic E-state index is 11.1. The Bertz CT molecular complexity index is 2710. The summed E-state index contributed by atoms with van der Waals surface area (Å²) >= 11 is 13.6. The predicted octanol–water partition coefficient (Wildman–Crippen LogP) is 9.21. The number of carbonyl (C=O) groups is 2. The lowest BCUT2D eigenvalue weighted by Crippen LogP contribution is -2.28. The molecular weight excluding hydrogens is 938 g/mol. The Balaban J connectivity index is 1.18. The number of carboxylic acids is 2. The monoisotopic (exact) mass is 987 g/mol. The first kappa shape index (κ1) is 52.1. The molecule has 70 heavy (non-hydrogen) atoms. The van der Waals surface area contributed by atoms with Crippen molar-refractivity contribution in [3.8, 4) is 46.3 Å². The van der Waals surface area contributed by atoms with Gasteiger partial charge in [0.15, 0.2) is 0 Å². The lowest BCUT2D eigenvalue weighted by atomic mass is 9.92. The van der Waals surface area contributed by atoms with E-state index in [1.165, 1.54) is 12.4 Å². The van der Waals surface area contributed by atoms with E-state index in [2.05, 4.69) is 27.4 Å². The predicted molar refractivity (Wildman–Crippen MR) is 261 cm³/mol. The first-order valence-electron chi connectivity index (χ1n) is 22.2. The molecule has 15 nitrogen and oxygen atoms in total. The number of rotatable bonds is 25. The van der Waals surface area contributed by atoms with Crippen molar-refractivity contribution in [2.75, 3.05) is 6.54 Å². The topological polar surface area (TPSA) is 237 Å². The third-order valence-electron chi connectivity index (χ3n) is 11.3. The molecule has 17 heteroatoms. The molecule has 0 spiro atoms. The van der Waals surface area contributed by atoms with Crippen molar-refractivity contribution in [3.63, 3.8) is 0 Å². The van der Waals surface area contributed by atoms with Crippen LogP contribution in [0.4, 0.5) is 0 Å². The van der Waals surface area contributed by atoms with Gasteiger partial charge < -0.3 is 44.7 Å². The molecule has 0 radical (unpaired) electrons. The van der Waals surface area contributed by atoms with Crippen LogP contribution in [0.15, 0.2) is 97.3 Å². The Labute approximate surface area is 415 Å². The molecular formula is C53H51Cl2N5O10. The number of ether oxygens (including phenoxy) is 4. The number of hydrogen-bond acceptors (Lipinski definition) is 13. The fourth-order valence-electron chi connectivity index (χ4n) is 7.59. The Hall–Kier alpha value is -7.24. The Morgan fingerprint density at radius 3 is 1.60 bits per heavy atom. The Morgan fingerprint density at radius 2 is 1.10 bits per heavy atom. The van der Waals surface area contributed by atoms with Gasteiger partial charge in [-0.1, -0.05) is 59.6 Å². The van der Waals surface area contributed by atoms with Crippen LogP contribution in [0.3, 0.4) is 0 Å². The quantitative estimate of drug-likeness (QED) is 0.0359. The van der Waals surface area contributed by atoms with E-state index in [0.717, 1.165) is 38.9 Å². The summed E-state index contributed by atoms with van der Waals surface area (Å²) in [6, 6.07) is 29.4. The summed E-state index contributed by atoms with van der Waals surface area (Å²) in [5.41, 5.74) is 9.04. The lowest BCUT2D eigenvalue weighted by molar-refractivity contribution is -0.140. The standard InChI is InChI=1S/C53H51Cl2N5O10/c1-32-37(28-67-50-22-48(69-30-40-16-34(24-56)12-14-59-40)36(18-46(50)54)6-3-9-42(61)20-52(63)64)7-4-10-44(32)45-11-5-8-38(33(45)2)29-68-51-23-49(70-31-41-17-35(25-57)13-15-60-41)39(19-47(51)55)26-58-27-43(62)21-53(65)66/h4-5,7-8,10-19,22-23,42-43,58,61-62H,3,6,9,20-21,26-31H2,1-2H3,(H,63,64)(H,65,66)/t42-,43+/m1/s1. The highest BCUT2D eigenvalue weighted by atomic mass is 35.5. The molecule has 0 bridgehead atoms. The van der Waals surface area contributed by atoms with Crippen molar-refractivity contribution in [1.82, 2.24) is 15.3 Å². The summed E-state index contributed by atoms with van der Waals surface area (Å²) in [4.78, 5) is 30.8. The smallest absolute Gasteiger partial charge is 0.306 e. The second-order valence-corrected chi connectivity index (χ2v) is 17.3. The molecule has 2 aromatic heterocycles. The number of halogens is 2. The number of hydrogen-bond donors (Lipinski definition) is 5. The number of nitriles is 2. The second kappa shape index (κ2) is 25.4. The highest BCUT2D eigenvalue weighted by Gasteiger charge is 2.19. The maximum Gasteiger partial charge on any atom is 0.306 e. The summed E-state index contributed by atoms with van der Waals surface area (Å²) in [5.74, 6) is -0.577. The van der Waals surface area contributed by atoms with Gasteiger partial charge in [0.05, 0.1) is 69.7 Å². The molecule has 0 aliphatic rings. The average Bonchev–Trinajstić information content (AvgIpc) is 3.33. The molecule has 5 N–H and O–H groups in total. The zero-order chi connectivity index (χ0) is 50.2. The van der Waals surface area contributed by atoms with E-state index >= 15 is 0 Å². The second-order valence-electron chi connectivity index (χ2n) is 16.4. The zero-order valence-corrected chi connectivity index (χ0v) is 40.0. The van der Waals surface area contributed by atoms with Crippen molar-refractivity contribution in [3.05, 3.63) is 163 Å². The minimum Gasteiger partial charge on any atom is -0.487 e. The van der Waals surface area contributed by atoms with E-state index in [1.807, 2.05) is 50.2 Å². The maximum atomic E-state index is 11.1. The van der Waals surface area contributed by atoms with Gasteiger partial charge in [-0.15, -0.1) is 0 Å². The number of nitrogens with zero attached hydrogens (tertiary/aromatic N) is 4. The van der Waals surface area contributed by atoms with Gasteiger partial charge in [-0.3, -0.25) is 19.6 Å². The van der Waals surface area contributed by atoms with Crippen LogP contribution in [0.5, 0.6) is 23.0 Å². The summed E-state index contributed by atoms with van der Waals surface area (Å²) in [6.07, 6.45) is 1.40. The summed E-state index contributed by atoms with van der Waals surface area (Å²) in [5, 5.41) is 60.8. The van der Waals surface area contributed by atoms with Crippen LogP contribution >= 0.6 is 23.2 Å². The molecule has 6 aromatic rings. The van der Waals surface area contributed by atoms with Crippen LogP contribution in [0.1, 0.15) is 81.6 Å². The third-order valence-corrected chi connectivity index (χ3v) is 11.9. The van der Waals surface area contributed by atoms with Gasteiger partial charge in [0.25, 0.3) is 0 Å². The van der Waals surface area contributed by atoms with Crippen molar-refractivity contribution >= 4 is 35.1 Å². The molecule has 0 aliphatic carbocycles. The highest BCUT2D eigenvalue weighted by Crippen LogP contribution is 2.38. The van der Waals surface area contributed by atoms with E-state index in [-0.39, 0.29) is 52.4 Å². The number of aryl methyl sites for hydroxylation is 1. The van der Waals surface area contributed by atoms with Crippen LogP contribution in [-0.2, 0) is 49.0 Å². The number of carboxylic acid groups (broad SMARTS) is 2. The summed E-state index contributed by atoms with van der Waals surface area (Å²) in [7, 11) is 0. The number of aliphatic carboxylic acids is 2. The zero-order valence-electron chi connectivity index (χ0n) is 38.5. The molecule has 0 amide bonds. The molecule has 0 saturated heterocycles. The number of benzene rings is 4. The largest absolute Gasteiger partial charge is 0.487 e. The molecule has 0 fully saturated rings. The van der Waals surface area contributed by atoms with Gasteiger partial charge in [0, 0.05) is 43.2 Å². The Kier molecular flexibility index (Phi) is 18.9. The van der Waals surface area contributed by atoms with Crippen LogP contribution in [0, 0.1) is 36.5 Å². The molecule has 4 aromatic carbocycles. The minimum atomic E-state index is -1.11. The van der Waals surface area contributed by atoms with E-state index in [9.17, 15) is 30.3 Å². The van der Waals surface area contributed by atoms with Crippen LogP contribution < -0.4 is 24.3 Å². The molecule has 362 valence electrons. The molecule has 0 aliphatic heterocycles. The van der Waals surface area contributed by atoms with Gasteiger partial charge in [0.1, 0.15) is 49.4 Å². The number of nitrogens with one attached hydrogen (secondary N) is 1.